The summed E-state index contributed by atoms with van der Waals surface area (Å²) in [6.07, 6.45) is 3.92. The maximum atomic E-state index is 14.3. The normalized spacial score (nSPS) is 13.9. The molecule has 2 fully saturated rings. The molecule has 62 heavy (non-hydrogen) atoms. The monoisotopic (exact) mass is 930 g/mol. The number of halogens is 5. The number of allylic oxidation sites excluding steroid dienone is 1. The molecule has 0 radical (unpaired) electrons. The first kappa shape index (κ1) is 47.3. The van der Waals surface area contributed by atoms with Gasteiger partial charge in [-0.2, -0.15) is 0 Å². The van der Waals surface area contributed by atoms with E-state index in [4.69, 9.17) is 75.2 Å². The number of ether oxygens (including phenoxy) is 6. The zero-order valence-corrected chi connectivity index (χ0v) is 36.6. The molecule has 2 amide bonds. The molecule has 1 aromatic heterocycles. The third kappa shape index (κ3) is 12.4. The number of hydrogen-bond acceptors (Lipinski definition) is 11. The van der Waals surface area contributed by atoms with E-state index in [1.807, 2.05) is 0 Å². The van der Waals surface area contributed by atoms with Gasteiger partial charge >= 0.3 is 23.9 Å². The van der Waals surface area contributed by atoms with Crippen LogP contribution in [0.5, 0.6) is 28.7 Å². The standard InChI is InChI=1S/C17H17ClFNO4.C16H14Cl2O4.C11H8ClNO3/c1-9(2)15-16(21)20(17(22)24-15)13-8-14(11(18)7-12(13)19)23-10-5-3-4-6-10;1-10(16(19)20-2)21-12-4-6-13(7-5-12)22-15-8-3-11(17)9-14(15)18;12-8-3-4-9(16-6-10(14)15)11-7(8)2-1-5-13-11/h7-8,10H,3-6H2,1-2H3;3-10H,1-2H3;1-5H,6H2,(H,14,15). The van der Waals surface area contributed by atoms with E-state index in [-0.39, 0.29) is 28.3 Å². The van der Waals surface area contributed by atoms with Crippen molar-refractivity contribution in [2.45, 2.75) is 58.7 Å². The number of aliphatic carboxylic acids is 1. The number of aromatic nitrogens is 1. The summed E-state index contributed by atoms with van der Waals surface area (Å²) in [7, 11) is 1.31. The average molecular weight is 933 g/mol. The number of nitrogens with zero attached hydrogens (tertiary/aromatic N) is 2. The minimum atomic E-state index is -1.03. The zero-order chi connectivity index (χ0) is 45.1. The fourth-order valence-electron chi connectivity index (χ4n) is 5.91. The van der Waals surface area contributed by atoms with Crippen LogP contribution in [0.4, 0.5) is 14.9 Å². The fourth-order valence-corrected chi connectivity index (χ4v) is 6.77. The number of amides is 2. The molecule has 0 spiro atoms. The average Bonchev–Trinajstić information content (AvgIpc) is 3.87. The number of carbonyl (C=O) groups is 4. The van der Waals surface area contributed by atoms with Gasteiger partial charge in [0.15, 0.2) is 18.5 Å². The van der Waals surface area contributed by atoms with Crippen LogP contribution in [0, 0.1) is 5.82 Å². The van der Waals surface area contributed by atoms with E-state index < -0.39 is 42.5 Å². The number of methoxy groups -OCH3 is 1. The van der Waals surface area contributed by atoms with Crippen LogP contribution in [0.1, 0.15) is 46.5 Å². The summed E-state index contributed by atoms with van der Waals surface area (Å²) in [5, 5.41) is 10.9. The van der Waals surface area contributed by atoms with E-state index in [2.05, 4.69) is 9.72 Å². The zero-order valence-electron chi connectivity index (χ0n) is 33.6. The molecule has 4 aromatic carbocycles. The predicted octanol–water partition coefficient (Wildman–Crippen LogP) is 11.7. The minimum Gasteiger partial charge on any atom is -0.489 e. The van der Waals surface area contributed by atoms with Gasteiger partial charge in [-0.3, -0.25) is 9.78 Å². The van der Waals surface area contributed by atoms with Gasteiger partial charge in [0.2, 0.25) is 0 Å². The van der Waals surface area contributed by atoms with Gasteiger partial charge in [-0.25, -0.2) is 23.7 Å². The molecule has 1 aliphatic heterocycles. The molecule has 326 valence electrons. The highest BCUT2D eigenvalue weighted by Crippen LogP contribution is 2.38. The Balaban J connectivity index is 0.000000179. The lowest BCUT2D eigenvalue weighted by atomic mass is 10.2. The van der Waals surface area contributed by atoms with Crippen LogP contribution in [0.15, 0.2) is 96.4 Å². The van der Waals surface area contributed by atoms with Crippen LogP contribution in [0.2, 0.25) is 20.1 Å². The Labute approximate surface area is 375 Å². The Kier molecular flexibility index (Phi) is 16.6. The number of esters is 1. The number of hydrogen-bond donors (Lipinski definition) is 1. The maximum Gasteiger partial charge on any atom is 0.427 e. The molecule has 1 N–H and O–H groups in total. The predicted molar refractivity (Wildman–Crippen MR) is 232 cm³/mol. The number of benzene rings is 4. The molecule has 1 saturated carbocycles. The Morgan fingerprint density at radius 2 is 1.55 bits per heavy atom. The molecule has 5 aromatic rings. The first-order chi connectivity index (χ1) is 29.6. The quantitative estimate of drug-likeness (QED) is 0.0988. The number of carboxylic acid groups (broad SMARTS) is 1. The van der Waals surface area contributed by atoms with E-state index in [1.54, 1.807) is 93.7 Å². The van der Waals surface area contributed by atoms with Gasteiger partial charge in [0.25, 0.3) is 0 Å². The summed E-state index contributed by atoms with van der Waals surface area (Å²) in [5.41, 5.74) is 0.877. The molecule has 0 bridgehead atoms. The first-order valence-corrected chi connectivity index (χ1v) is 20.3. The van der Waals surface area contributed by atoms with Gasteiger partial charge in [-0.05, 0) is 125 Å². The lowest BCUT2D eigenvalue weighted by molar-refractivity contribution is -0.148. The number of anilines is 1. The topological polar surface area (TPSA) is 160 Å². The Morgan fingerprint density at radius 3 is 2.18 bits per heavy atom. The van der Waals surface area contributed by atoms with Crippen LogP contribution >= 0.6 is 46.4 Å². The van der Waals surface area contributed by atoms with Crippen LogP contribution in [-0.4, -0.2) is 60.0 Å². The lowest BCUT2D eigenvalue weighted by Gasteiger charge is -2.18. The third-order valence-electron chi connectivity index (χ3n) is 8.88. The molecular weight excluding hydrogens is 893 g/mol. The molecule has 13 nitrogen and oxygen atoms in total. The fraction of sp³-hybridized carbons (Fsp3) is 0.250. The SMILES string of the molecule is CC(C)=C1OC(=O)N(c2cc(OC3CCCC3)c(Cl)cc2F)C1=O.COC(=O)C(C)Oc1ccc(Oc2ccc(Cl)cc2Cl)cc1.O=C(O)COc1ccc(Cl)c2cccnc12. The summed E-state index contributed by atoms with van der Waals surface area (Å²) in [6, 6.07) is 21.0. The number of cyclic esters (lactones) is 1. The van der Waals surface area contributed by atoms with Crippen molar-refractivity contribution in [3.05, 3.63) is 122 Å². The molecule has 18 heteroatoms. The molecule has 1 atom stereocenters. The van der Waals surface area contributed by atoms with Crippen LogP contribution < -0.4 is 23.8 Å². The van der Waals surface area contributed by atoms with Gasteiger partial charge in [-0.1, -0.05) is 46.4 Å². The summed E-state index contributed by atoms with van der Waals surface area (Å²) in [4.78, 5) is 50.8. The molecule has 2 aliphatic rings. The van der Waals surface area contributed by atoms with Crippen molar-refractivity contribution in [1.29, 1.82) is 0 Å². The Hall–Kier alpha value is -5.80. The highest BCUT2D eigenvalue weighted by molar-refractivity contribution is 6.36. The number of fused-ring (bicyclic) bond motifs is 1. The smallest absolute Gasteiger partial charge is 0.427 e. The van der Waals surface area contributed by atoms with Gasteiger partial charge in [0.1, 0.15) is 40.1 Å². The van der Waals surface area contributed by atoms with E-state index >= 15 is 0 Å². The second kappa shape index (κ2) is 21.8. The van der Waals surface area contributed by atoms with Crippen molar-refractivity contribution < 1.29 is 57.1 Å². The number of pyridine rings is 1. The number of carboxylic acids is 1. The minimum absolute atomic E-state index is 0.00962. The lowest BCUT2D eigenvalue weighted by Crippen LogP contribution is -2.29. The van der Waals surface area contributed by atoms with E-state index in [0.717, 1.165) is 37.1 Å². The van der Waals surface area contributed by atoms with Gasteiger partial charge in [0.05, 0.1) is 34.0 Å². The summed E-state index contributed by atoms with van der Waals surface area (Å²) in [6.45, 7) is 4.49. The van der Waals surface area contributed by atoms with E-state index in [1.165, 1.54) is 13.2 Å². The molecule has 1 unspecified atom stereocenters. The number of carbonyl (C=O) groups excluding carboxylic acids is 3. The van der Waals surface area contributed by atoms with Crippen LogP contribution in [0.3, 0.4) is 0 Å². The van der Waals surface area contributed by atoms with Gasteiger partial charge in [0, 0.05) is 22.7 Å². The van der Waals surface area contributed by atoms with Crippen molar-refractivity contribution in [2.75, 3.05) is 18.6 Å². The maximum absolute atomic E-state index is 14.3. The van der Waals surface area contributed by atoms with Crippen molar-refractivity contribution >= 4 is 86.9 Å². The van der Waals surface area contributed by atoms with Gasteiger partial charge in [-0.15, -0.1) is 0 Å². The largest absolute Gasteiger partial charge is 0.489 e. The number of rotatable bonds is 11. The van der Waals surface area contributed by atoms with Crippen molar-refractivity contribution in [2.24, 2.45) is 0 Å². The van der Waals surface area contributed by atoms with Crippen LogP contribution in [-0.2, 0) is 23.9 Å². The molecule has 7 rings (SSSR count). The molecular formula is C44H39Cl4FN2O11. The highest BCUT2D eigenvalue weighted by Gasteiger charge is 2.40. The first-order valence-electron chi connectivity index (χ1n) is 18.8. The third-order valence-corrected chi connectivity index (χ3v) is 10.0. The van der Waals surface area contributed by atoms with Crippen molar-refractivity contribution in [3.8, 4) is 28.7 Å². The Bertz CT molecular complexity index is 2480. The molecule has 2 heterocycles. The summed E-state index contributed by atoms with van der Waals surface area (Å²) < 4.78 is 45.9. The molecule has 1 saturated heterocycles. The number of imide groups is 1. The van der Waals surface area contributed by atoms with Crippen LogP contribution in [0.25, 0.3) is 10.9 Å². The second-order valence-electron chi connectivity index (χ2n) is 13.7. The van der Waals surface area contributed by atoms with Crippen molar-refractivity contribution in [1.82, 2.24) is 4.98 Å². The molecule has 1 aliphatic carbocycles. The van der Waals surface area contributed by atoms with Crippen molar-refractivity contribution in [3.63, 3.8) is 0 Å². The van der Waals surface area contributed by atoms with E-state index in [0.29, 0.717) is 54.1 Å². The second-order valence-corrected chi connectivity index (χ2v) is 15.3. The van der Waals surface area contributed by atoms with Gasteiger partial charge < -0.3 is 33.5 Å². The summed E-state index contributed by atoms with van der Waals surface area (Å²) in [5.74, 6) is -0.752. The Morgan fingerprint density at radius 1 is 0.887 bits per heavy atom. The summed E-state index contributed by atoms with van der Waals surface area (Å²) >= 11 is 23.9. The van der Waals surface area contributed by atoms with E-state index in [9.17, 15) is 23.6 Å². The highest BCUT2D eigenvalue weighted by atomic mass is 35.5.